The summed E-state index contributed by atoms with van der Waals surface area (Å²) in [7, 11) is 0. The van der Waals surface area contributed by atoms with E-state index in [-0.39, 0.29) is 34.6 Å². The van der Waals surface area contributed by atoms with Gasteiger partial charge >= 0.3 is 0 Å². The Kier molecular flexibility index (Phi) is 16.5. The van der Waals surface area contributed by atoms with Gasteiger partial charge in [0, 0.05) is 24.2 Å². The van der Waals surface area contributed by atoms with Gasteiger partial charge in [-0.2, -0.15) is 0 Å². The minimum Gasteiger partial charge on any atom is -0.412 e. The molecule has 1 aliphatic heterocycles. The molecule has 1 aromatic rings. The molecule has 1 saturated heterocycles. The van der Waals surface area contributed by atoms with Crippen LogP contribution < -0.4 is 5.32 Å². The first kappa shape index (κ1) is 35.2. The van der Waals surface area contributed by atoms with Crippen LogP contribution in [0.3, 0.4) is 0 Å². The molecular weight excluding hydrogens is 471 g/mol. The van der Waals surface area contributed by atoms with Crippen molar-refractivity contribution in [2.75, 3.05) is 26.2 Å². The molecule has 3 rings (SSSR count). The van der Waals surface area contributed by atoms with Crippen LogP contribution in [-0.2, 0) is 6.42 Å². The molecule has 0 radical (unpaired) electrons. The van der Waals surface area contributed by atoms with Crippen LogP contribution in [0.4, 0.5) is 0 Å². The van der Waals surface area contributed by atoms with E-state index in [4.69, 9.17) is 23.2 Å². The number of benzene rings is 1. The standard InChI is InChI=1S/C26H38Cl2N2.CH4.3H2O/c1-19(2)25(29-14-12-20-6-5-7-23(28)16-20)17-30-15-13-24(26(3,4)18-30)21-8-10-22(27)11-9-21;;;;/h5-10,16,19,22,24-25,29H,11-15,17-18H2,1-4H3;1H4;3*1H2/t22?,24-,25+;;;;/m1..../s1. The number of allylic oxidation sites excluding steroid dienone is 4. The maximum absolute atomic E-state index is 6.24. The van der Waals surface area contributed by atoms with E-state index in [1.165, 1.54) is 24.1 Å². The third kappa shape index (κ3) is 9.98. The molecule has 1 unspecified atom stereocenters. The zero-order chi connectivity index (χ0) is 21.7. The van der Waals surface area contributed by atoms with Gasteiger partial charge in [-0.05, 0) is 72.9 Å². The van der Waals surface area contributed by atoms with E-state index >= 15 is 0 Å². The van der Waals surface area contributed by atoms with E-state index in [1.54, 1.807) is 0 Å². The minimum absolute atomic E-state index is 0. The highest BCUT2D eigenvalue weighted by Gasteiger charge is 2.38. The molecule has 198 valence electrons. The summed E-state index contributed by atoms with van der Waals surface area (Å²) < 4.78 is 0. The number of likely N-dealkylation sites (tertiary alicyclic amines) is 1. The van der Waals surface area contributed by atoms with Gasteiger partial charge in [0.25, 0.3) is 0 Å². The Balaban J connectivity index is 0. The van der Waals surface area contributed by atoms with Crippen molar-refractivity contribution in [2.45, 2.75) is 65.8 Å². The largest absolute Gasteiger partial charge is 0.412 e. The molecule has 7 N–H and O–H groups in total. The summed E-state index contributed by atoms with van der Waals surface area (Å²) in [5, 5.41) is 4.81. The van der Waals surface area contributed by atoms with Gasteiger partial charge in [0.05, 0.1) is 5.38 Å². The Bertz CT molecular complexity index is 768. The summed E-state index contributed by atoms with van der Waals surface area (Å²) >= 11 is 12.4. The Labute approximate surface area is 217 Å². The smallest absolute Gasteiger partial charge is 0.0553 e. The topological polar surface area (TPSA) is 110 Å². The lowest BCUT2D eigenvalue weighted by Crippen LogP contribution is -2.52. The molecule has 0 bridgehead atoms. The number of hydrogen-bond donors (Lipinski definition) is 1. The maximum atomic E-state index is 6.24. The van der Waals surface area contributed by atoms with Crippen molar-refractivity contribution in [2.24, 2.45) is 17.3 Å². The van der Waals surface area contributed by atoms with Crippen LogP contribution >= 0.6 is 23.2 Å². The second-order valence-electron chi connectivity index (χ2n) is 10.1. The van der Waals surface area contributed by atoms with Crippen LogP contribution in [0.5, 0.6) is 0 Å². The van der Waals surface area contributed by atoms with E-state index in [0.717, 1.165) is 37.5 Å². The van der Waals surface area contributed by atoms with E-state index in [2.05, 4.69) is 68.3 Å². The maximum Gasteiger partial charge on any atom is 0.0553 e. The van der Waals surface area contributed by atoms with Gasteiger partial charge in [-0.1, -0.05) is 77.1 Å². The van der Waals surface area contributed by atoms with Crippen LogP contribution in [0.2, 0.25) is 5.02 Å². The summed E-state index contributed by atoms with van der Waals surface area (Å²) in [6, 6.07) is 8.71. The Morgan fingerprint density at radius 1 is 1.18 bits per heavy atom. The fourth-order valence-corrected chi connectivity index (χ4v) is 5.37. The predicted octanol–water partition coefficient (Wildman–Crippen LogP) is 4.50. The summed E-state index contributed by atoms with van der Waals surface area (Å²) in [5.74, 6) is 1.23. The number of piperidine rings is 1. The van der Waals surface area contributed by atoms with Gasteiger partial charge in [0.2, 0.25) is 0 Å². The third-order valence-electron chi connectivity index (χ3n) is 6.76. The average Bonchev–Trinajstić information content (AvgIpc) is 2.67. The molecule has 7 heteroatoms. The van der Waals surface area contributed by atoms with Gasteiger partial charge < -0.3 is 26.6 Å². The predicted molar refractivity (Wildman–Crippen MR) is 149 cm³/mol. The molecule has 0 spiro atoms. The number of halogens is 2. The lowest BCUT2D eigenvalue weighted by atomic mass is 9.69. The van der Waals surface area contributed by atoms with Crippen molar-refractivity contribution in [3.05, 3.63) is 58.7 Å². The van der Waals surface area contributed by atoms with Crippen LogP contribution in [0, 0.1) is 17.3 Å². The number of nitrogens with zero attached hydrogens (tertiary/aromatic N) is 1. The normalized spacial score (nSPS) is 22.4. The molecule has 0 saturated carbocycles. The van der Waals surface area contributed by atoms with Crippen LogP contribution in [0.15, 0.2) is 48.1 Å². The Hall–Kier alpha value is -0.920. The fourth-order valence-electron chi connectivity index (χ4n) is 4.99. The highest BCUT2D eigenvalue weighted by atomic mass is 35.5. The van der Waals surface area contributed by atoms with Gasteiger partial charge in [-0.3, -0.25) is 0 Å². The molecular formula is C27H48Cl2N2O3. The van der Waals surface area contributed by atoms with Crippen LogP contribution in [0.1, 0.15) is 53.5 Å². The third-order valence-corrected chi connectivity index (χ3v) is 7.31. The van der Waals surface area contributed by atoms with Gasteiger partial charge in [-0.15, -0.1) is 11.6 Å². The Morgan fingerprint density at radius 3 is 2.44 bits per heavy atom. The van der Waals surface area contributed by atoms with E-state index in [1.807, 2.05) is 12.1 Å². The van der Waals surface area contributed by atoms with Gasteiger partial charge in [-0.25, -0.2) is 0 Å². The fraction of sp³-hybridized carbons (Fsp3) is 0.630. The van der Waals surface area contributed by atoms with Gasteiger partial charge in [0.1, 0.15) is 0 Å². The average molecular weight is 520 g/mol. The highest BCUT2D eigenvalue weighted by molar-refractivity contribution is 6.30. The van der Waals surface area contributed by atoms with Gasteiger partial charge in [0.15, 0.2) is 0 Å². The van der Waals surface area contributed by atoms with Crippen molar-refractivity contribution >= 4 is 23.2 Å². The molecule has 34 heavy (non-hydrogen) atoms. The summed E-state index contributed by atoms with van der Waals surface area (Å²) in [4.78, 5) is 2.67. The van der Waals surface area contributed by atoms with Crippen molar-refractivity contribution < 1.29 is 16.4 Å². The summed E-state index contributed by atoms with van der Waals surface area (Å²) in [5.41, 5.74) is 3.07. The second kappa shape index (κ2) is 15.9. The lowest BCUT2D eigenvalue weighted by molar-refractivity contribution is 0.0633. The number of alkyl halides is 1. The second-order valence-corrected chi connectivity index (χ2v) is 11.1. The first-order valence-electron chi connectivity index (χ1n) is 11.5. The van der Waals surface area contributed by atoms with Crippen molar-refractivity contribution in [3.63, 3.8) is 0 Å². The van der Waals surface area contributed by atoms with Crippen molar-refractivity contribution in [3.8, 4) is 0 Å². The monoisotopic (exact) mass is 518 g/mol. The molecule has 1 heterocycles. The van der Waals surface area contributed by atoms with Crippen molar-refractivity contribution in [1.29, 1.82) is 0 Å². The summed E-state index contributed by atoms with van der Waals surface area (Å²) in [6.07, 6.45) is 10.0. The molecule has 0 amide bonds. The van der Waals surface area contributed by atoms with E-state index in [9.17, 15) is 0 Å². The first-order valence-corrected chi connectivity index (χ1v) is 12.3. The van der Waals surface area contributed by atoms with E-state index in [0.29, 0.717) is 17.9 Å². The highest BCUT2D eigenvalue weighted by Crippen LogP contribution is 2.41. The summed E-state index contributed by atoms with van der Waals surface area (Å²) in [6.45, 7) is 13.9. The Morgan fingerprint density at radius 2 is 1.88 bits per heavy atom. The molecule has 1 fully saturated rings. The first-order chi connectivity index (χ1) is 14.2. The zero-order valence-corrected chi connectivity index (χ0v) is 22.0. The van der Waals surface area contributed by atoms with Crippen LogP contribution in [0.25, 0.3) is 0 Å². The zero-order valence-electron chi connectivity index (χ0n) is 20.5. The molecule has 2 aliphatic rings. The molecule has 5 nitrogen and oxygen atoms in total. The van der Waals surface area contributed by atoms with E-state index < -0.39 is 0 Å². The van der Waals surface area contributed by atoms with Crippen LogP contribution in [-0.4, -0.2) is 58.9 Å². The number of nitrogens with one attached hydrogen (secondary N) is 1. The molecule has 0 aromatic heterocycles. The van der Waals surface area contributed by atoms with Crippen molar-refractivity contribution in [1.82, 2.24) is 10.2 Å². The molecule has 3 atom stereocenters. The molecule has 1 aromatic carbocycles. The lowest BCUT2D eigenvalue weighted by Gasteiger charge is -2.46. The SMILES string of the molecule is C.CC(C)[C@H](CN1CC[C@H](C2=CCC(Cl)C=C2)C(C)(C)C1)NCCc1cccc(Cl)c1.O.O.O. The molecule has 1 aliphatic carbocycles. The quantitative estimate of drug-likeness (QED) is 0.510. The number of rotatable bonds is 8. The minimum atomic E-state index is 0. The number of hydrogen-bond acceptors (Lipinski definition) is 2.